The van der Waals surface area contributed by atoms with E-state index in [0.717, 1.165) is 36.9 Å². The van der Waals surface area contributed by atoms with Crippen LogP contribution in [-0.2, 0) is 14.6 Å². The van der Waals surface area contributed by atoms with E-state index in [0.29, 0.717) is 24.9 Å². The first-order valence-corrected chi connectivity index (χ1v) is 11.5. The third-order valence-electron chi connectivity index (χ3n) is 5.91. The summed E-state index contributed by atoms with van der Waals surface area (Å²) in [5.41, 5.74) is 0.811. The Morgan fingerprint density at radius 2 is 1.78 bits per heavy atom. The first-order chi connectivity index (χ1) is 12.9. The second-order valence-electron chi connectivity index (χ2n) is 7.65. The van der Waals surface area contributed by atoms with Gasteiger partial charge in [0.15, 0.2) is 9.84 Å². The highest BCUT2D eigenvalue weighted by atomic mass is 32.2. The van der Waals surface area contributed by atoms with E-state index in [1.165, 1.54) is 0 Å². The molecule has 0 unspecified atom stereocenters. The number of hydrogen-bond donors (Lipinski definition) is 0. The zero-order valence-electron chi connectivity index (χ0n) is 15.6. The van der Waals surface area contributed by atoms with Gasteiger partial charge in [0.05, 0.1) is 17.4 Å². The van der Waals surface area contributed by atoms with Gasteiger partial charge in [-0.2, -0.15) is 0 Å². The van der Waals surface area contributed by atoms with Crippen molar-refractivity contribution >= 4 is 26.7 Å². The largest absolute Gasteiger partial charge is 0.460 e. The smallest absolute Gasteiger partial charge is 0.233 e. The fraction of sp³-hybridized carbons (Fsp3) is 0.550. The summed E-state index contributed by atoms with van der Waals surface area (Å²) in [4.78, 5) is 17.1. The first-order valence-electron chi connectivity index (χ1n) is 9.65. The Labute approximate surface area is 160 Å². The molecule has 27 heavy (non-hydrogen) atoms. The lowest BCUT2D eigenvalue weighted by Crippen LogP contribution is -2.51. The van der Waals surface area contributed by atoms with Gasteiger partial charge in [-0.1, -0.05) is 18.2 Å². The SMILES string of the molecule is C[C@H](C(=O)N1CCC(N2CCS(=O)(=O)CC2)CC1)c1cc2ccccc2o1. The summed E-state index contributed by atoms with van der Waals surface area (Å²) in [5.74, 6) is 1.04. The van der Waals surface area contributed by atoms with Crippen LogP contribution in [0.5, 0.6) is 0 Å². The second-order valence-corrected chi connectivity index (χ2v) is 9.96. The summed E-state index contributed by atoms with van der Waals surface area (Å²) in [7, 11) is -2.85. The van der Waals surface area contributed by atoms with Crippen LogP contribution in [0.3, 0.4) is 0 Å². The highest BCUT2D eigenvalue weighted by Gasteiger charge is 2.32. The Hall–Kier alpha value is -1.86. The van der Waals surface area contributed by atoms with Gasteiger partial charge in [-0.3, -0.25) is 9.69 Å². The van der Waals surface area contributed by atoms with Gasteiger partial charge in [-0.15, -0.1) is 0 Å². The summed E-state index contributed by atoms with van der Waals surface area (Å²) in [5, 5.41) is 1.02. The average Bonchev–Trinajstić information content (AvgIpc) is 3.11. The lowest BCUT2D eigenvalue weighted by atomic mass is 10.00. The summed E-state index contributed by atoms with van der Waals surface area (Å²) in [6, 6.07) is 10.1. The van der Waals surface area contributed by atoms with Gasteiger partial charge >= 0.3 is 0 Å². The predicted molar refractivity (Wildman–Crippen MR) is 104 cm³/mol. The Balaban J connectivity index is 1.35. The number of para-hydroxylation sites is 1. The number of benzene rings is 1. The Bertz CT molecular complexity index is 881. The van der Waals surface area contributed by atoms with Crippen molar-refractivity contribution in [3.8, 4) is 0 Å². The van der Waals surface area contributed by atoms with Gasteiger partial charge in [0.25, 0.3) is 0 Å². The molecule has 1 amide bonds. The van der Waals surface area contributed by atoms with Crippen molar-refractivity contribution in [2.45, 2.75) is 31.7 Å². The molecular weight excluding hydrogens is 364 g/mol. The van der Waals surface area contributed by atoms with Crippen LogP contribution in [0.1, 0.15) is 31.4 Å². The molecule has 0 spiro atoms. The van der Waals surface area contributed by atoms with Crippen LogP contribution in [-0.4, -0.2) is 67.9 Å². The van der Waals surface area contributed by atoms with Crippen LogP contribution in [0, 0.1) is 0 Å². The van der Waals surface area contributed by atoms with Gasteiger partial charge in [-0.05, 0) is 31.9 Å². The maximum atomic E-state index is 12.9. The molecule has 6 nitrogen and oxygen atoms in total. The number of hydrogen-bond acceptors (Lipinski definition) is 5. The van der Waals surface area contributed by atoms with Crippen molar-refractivity contribution in [1.82, 2.24) is 9.80 Å². The minimum atomic E-state index is -2.85. The monoisotopic (exact) mass is 390 g/mol. The Morgan fingerprint density at radius 1 is 1.11 bits per heavy atom. The molecule has 4 rings (SSSR count). The molecule has 1 aromatic carbocycles. The number of likely N-dealkylation sites (tertiary alicyclic amines) is 1. The van der Waals surface area contributed by atoms with Crippen molar-refractivity contribution in [3.63, 3.8) is 0 Å². The molecule has 3 heterocycles. The summed E-state index contributed by atoms with van der Waals surface area (Å²) in [6.45, 7) is 4.59. The van der Waals surface area contributed by atoms with Gasteiger partial charge < -0.3 is 9.32 Å². The maximum absolute atomic E-state index is 12.9. The molecule has 0 radical (unpaired) electrons. The van der Waals surface area contributed by atoms with E-state index in [9.17, 15) is 13.2 Å². The number of nitrogens with zero attached hydrogens (tertiary/aromatic N) is 2. The number of carbonyl (C=O) groups excluding carboxylic acids is 1. The van der Waals surface area contributed by atoms with E-state index < -0.39 is 9.84 Å². The Morgan fingerprint density at radius 3 is 2.44 bits per heavy atom. The minimum absolute atomic E-state index is 0.105. The number of fused-ring (bicyclic) bond motifs is 1. The van der Waals surface area contributed by atoms with Crippen LogP contribution in [0.25, 0.3) is 11.0 Å². The van der Waals surface area contributed by atoms with Crippen molar-refractivity contribution in [3.05, 3.63) is 36.1 Å². The number of carbonyl (C=O) groups is 1. The maximum Gasteiger partial charge on any atom is 0.233 e. The molecular formula is C20H26N2O4S. The normalized spacial score (nSPS) is 22.8. The molecule has 2 saturated heterocycles. The molecule has 2 aromatic rings. The van der Waals surface area contributed by atoms with Crippen LogP contribution in [0.4, 0.5) is 0 Å². The van der Waals surface area contributed by atoms with E-state index in [-0.39, 0.29) is 23.3 Å². The molecule has 2 aliphatic heterocycles. The lowest BCUT2D eigenvalue weighted by Gasteiger charge is -2.40. The molecule has 0 bridgehead atoms. The molecule has 0 N–H and O–H groups in total. The summed E-state index contributed by atoms with van der Waals surface area (Å²) in [6.07, 6.45) is 1.80. The Kier molecular flexibility index (Phi) is 4.99. The van der Waals surface area contributed by atoms with Gasteiger partial charge in [-0.25, -0.2) is 8.42 Å². The standard InChI is InChI=1S/C20H26N2O4S/c1-15(19-14-16-4-2-3-5-18(16)26-19)20(23)22-8-6-17(7-9-22)21-10-12-27(24,25)13-11-21/h2-5,14-15,17H,6-13H2,1H3/t15-/m0/s1. The van der Waals surface area contributed by atoms with E-state index in [1.807, 2.05) is 42.2 Å². The van der Waals surface area contributed by atoms with E-state index in [1.54, 1.807) is 0 Å². The highest BCUT2D eigenvalue weighted by molar-refractivity contribution is 7.91. The third kappa shape index (κ3) is 3.89. The number of amides is 1. The molecule has 0 aliphatic carbocycles. The van der Waals surface area contributed by atoms with Crippen LogP contribution in [0.15, 0.2) is 34.7 Å². The molecule has 0 saturated carbocycles. The van der Waals surface area contributed by atoms with Crippen LogP contribution >= 0.6 is 0 Å². The number of rotatable bonds is 3. The second kappa shape index (κ2) is 7.28. The molecule has 2 fully saturated rings. The molecule has 2 aliphatic rings. The molecule has 146 valence electrons. The average molecular weight is 391 g/mol. The fourth-order valence-corrected chi connectivity index (χ4v) is 5.38. The third-order valence-corrected chi connectivity index (χ3v) is 7.52. The van der Waals surface area contributed by atoms with E-state index in [2.05, 4.69) is 4.90 Å². The van der Waals surface area contributed by atoms with E-state index >= 15 is 0 Å². The topological polar surface area (TPSA) is 70.8 Å². The van der Waals surface area contributed by atoms with Crippen molar-refractivity contribution < 1.29 is 17.6 Å². The first kappa shape index (κ1) is 18.5. The van der Waals surface area contributed by atoms with Gasteiger partial charge in [0.2, 0.25) is 5.91 Å². The quantitative estimate of drug-likeness (QED) is 0.804. The summed E-state index contributed by atoms with van der Waals surface area (Å²) >= 11 is 0. The fourth-order valence-electron chi connectivity index (χ4n) is 4.15. The van der Waals surface area contributed by atoms with Crippen LogP contribution < -0.4 is 0 Å². The number of furan rings is 1. The predicted octanol–water partition coefficient (Wildman–Crippen LogP) is 2.26. The zero-order chi connectivity index (χ0) is 19.0. The number of sulfone groups is 1. The highest BCUT2D eigenvalue weighted by Crippen LogP contribution is 2.28. The van der Waals surface area contributed by atoms with Crippen molar-refractivity contribution in [2.24, 2.45) is 0 Å². The van der Waals surface area contributed by atoms with Gasteiger partial charge in [0.1, 0.15) is 11.3 Å². The molecule has 1 atom stereocenters. The summed E-state index contributed by atoms with van der Waals surface area (Å²) < 4.78 is 29.1. The lowest BCUT2D eigenvalue weighted by molar-refractivity contribution is -0.134. The van der Waals surface area contributed by atoms with E-state index in [4.69, 9.17) is 4.42 Å². The van der Waals surface area contributed by atoms with Crippen molar-refractivity contribution in [2.75, 3.05) is 37.7 Å². The number of piperidine rings is 1. The molecule has 1 aromatic heterocycles. The van der Waals surface area contributed by atoms with Crippen molar-refractivity contribution in [1.29, 1.82) is 0 Å². The zero-order valence-corrected chi connectivity index (χ0v) is 16.5. The van der Waals surface area contributed by atoms with Crippen LogP contribution in [0.2, 0.25) is 0 Å². The minimum Gasteiger partial charge on any atom is -0.460 e. The molecule has 7 heteroatoms. The van der Waals surface area contributed by atoms with Gasteiger partial charge in [0, 0.05) is 37.6 Å².